The Bertz CT molecular complexity index is 364. The predicted molar refractivity (Wildman–Crippen MR) is 56.9 cm³/mol. The van der Waals surface area contributed by atoms with E-state index >= 15 is 0 Å². The van der Waals surface area contributed by atoms with E-state index < -0.39 is 18.4 Å². The largest absolute Gasteiger partial charge is 0.422 e. The van der Waals surface area contributed by atoms with Crippen LogP contribution in [-0.2, 0) is 9.47 Å². The van der Waals surface area contributed by atoms with Crippen molar-refractivity contribution >= 4 is 12.1 Å². The number of carbonyl (C=O) groups is 2. The number of ether oxygens (including phenoxy) is 2. The van der Waals surface area contributed by atoms with Crippen LogP contribution >= 0.6 is 0 Å². The van der Waals surface area contributed by atoms with Crippen LogP contribution in [0.5, 0.6) is 0 Å². The normalized spacial score (nSPS) is 11.4. The van der Waals surface area contributed by atoms with Crippen molar-refractivity contribution in [2.45, 2.75) is 13.2 Å². The van der Waals surface area contributed by atoms with E-state index in [9.17, 15) is 9.59 Å². The summed E-state index contributed by atoms with van der Waals surface area (Å²) in [4.78, 5) is 22.3. The van der Waals surface area contributed by atoms with Gasteiger partial charge in [0.15, 0.2) is 0 Å². The highest BCUT2D eigenvalue weighted by Crippen LogP contribution is 2.04. The first-order chi connectivity index (χ1) is 7.63. The van der Waals surface area contributed by atoms with Gasteiger partial charge in [-0.3, -0.25) is 0 Å². The molecule has 0 fully saturated rings. The fourth-order valence-corrected chi connectivity index (χ4v) is 1.03. The van der Waals surface area contributed by atoms with E-state index in [0.29, 0.717) is 5.56 Å². The van der Waals surface area contributed by atoms with Gasteiger partial charge in [0, 0.05) is 14.0 Å². The Balaban J connectivity index is 2.49. The second-order valence-corrected chi connectivity index (χ2v) is 2.99. The number of benzene rings is 1. The van der Waals surface area contributed by atoms with Crippen molar-refractivity contribution in [1.82, 2.24) is 5.32 Å². The van der Waals surface area contributed by atoms with Crippen molar-refractivity contribution in [2.75, 3.05) is 7.05 Å². The lowest BCUT2D eigenvalue weighted by molar-refractivity contribution is -0.0596. The summed E-state index contributed by atoms with van der Waals surface area (Å²) in [5, 5.41) is 2.26. The van der Waals surface area contributed by atoms with Crippen LogP contribution in [0.1, 0.15) is 17.3 Å². The van der Waals surface area contributed by atoms with Crippen LogP contribution in [0.2, 0.25) is 0 Å². The smallest absolute Gasteiger partial charge is 0.409 e. The summed E-state index contributed by atoms with van der Waals surface area (Å²) in [6.45, 7) is 1.47. The van der Waals surface area contributed by atoms with Crippen molar-refractivity contribution in [3.8, 4) is 0 Å². The molecule has 5 heteroatoms. The second kappa shape index (κ2) is 5.75. The number of nitrogens with one attached hydrogen (secondary N) is 1. The molecular weight excluding hydrogens is 210 g/mol. The highest BCUT2D eigenvalue weighted by molar-refractivity contribution is 5.89. The molecule has 0 aliphatic carbocycles. The van der Waals surface area contributed by atoms with Crippen LogP contribution in [0.25, 0.3) is 0 Å². The van der Waals surface area contributed by atoms with Gasteiger partial charge < -0.3 is 14.8 Å². The molecule has 0 aliphatic rings. The summed E-state index contributed by atoms with van der Waals surface area (Å²) in [6, 6.07) is 8.48. The molecule has 0 spiro atoms. The average Bonchev–Trinajstić information content (AvgIpc) is 2.29. The molecule has 86 valence electrons. The minimum atomic E-state index is -0.923. The lowest BCUT2D eigenvalue weighted by Crippen LogP contribution is -2.27. The van der Waals surface area contributed by atoms with Gasteiger partial charge in [0.05, 0.1) is 5.56 Å². The third-order valence-electron chi connectivity index (χ3n) is 1.76. The van der Waals surface area contributed by atoms with Crippen LogP contribution in [0.3, 0.4) is 0 Å². The van der Waals surface area contributed by atoms with E-state index in [2.05, 4.69) is 5.32 Å². The van der Waals surface area contributed by atoms with Gasteiger partial charge in [-0.05, 0) is 12.1 Å². The third kappa shape index (κ3) is 3.61. The van der Waals surface area contributed by atoms with Crippen molar-refractivity contribution in [3.63, 3.8) is 0 Å². The van der Waals surface area contributed by atoms with Crippen molar-refractivity contribution in [1.29, 1.82) is 0 Å². The zero-order chi connectivity index (χ0) is 12.0. The molecule has 0 radical (unpaired) electrons. The van der Waals surface area contributed by atoms with Gasteiger partial charge in [-0.2, -0.15) is 0 Å². The third-order valence-corrected chi connectivity index (χ3v) is 1.76. The first kappa shape index (κ1) is 12.0. The molecule has 1 rings (SSSR count). The van der Waals surface area contributed by atoms with Gasteiger partial charge in [-0.15, -0.1) is 0 Å². The molecule has 1 aromatic rings. The Labute approximate surface area is 93.4 Å². The van der Waals surface area contributed by atoms with Crippen molar-refractivity contribution in [2.24, 2.45) is 0 Å². The Morgan fingerprint density at radius 3 is 2.38 bits per heavy atom. The zero-order valence-electron chi connectivity index (χ0n) is 9.10. The molecule has 5 nitrogen and oxygen atoms in total. The van der Waals surface area contributed by atoms with E-state index in [0.717, 1.165) is 0 Å². The van der Waals surface area contributed by atoms with Crippen LogP contribution in [0.4, 0.5) is 4.79 Å². The zero-order valence-corrected chi connectivity index (χ0v) is 9.10. The van der Waals surface area contributed by atoms with Crippen LogP contribution in [0, 0.1) is 0 Å². The second-order valence-electron chi connectivity index (χ2n) is 2.99. The topological polar surface area (TPSA) is 64.6 Å². The lowest BCUT2D eigenvalue weighted by atomic mass is 10.2. The molecule has 0 aliphatic heterocycles. The molecule has 0 saturated heterocycles. The van der Waals surface area contributed by atoms with Gasteiger partial charge in [0.2, 0.25) is 6.29 Å². The Morgan fingerprint density at radius 1 is 1.19 bits per heavy atom. The quantitative estimate of drug-likeness (QED) is 0.623. The molecule has 16 heavy (non-hydrogen) atoms. The van der Waals surface area contributed by atoms with E-state index in [4.69, 9.17) is 9.47 Å². The number of rotatable bonds is 3. The molecular formula is C11H13NO4. The summed E-state index contributed by atoms with van der Waals surface area (Å²) in [5.41, 5.74) is 0.412. The summed E-state index contributed by atoms with van der Waals surface area (Å²) < 4.78 is 9.59. The molecule has 1 N–H and O–H groups in total. The fourth-order valence-electron chi connectivity index (χ4n) is 1.03. The van der Waals surface area contributed by atoms with Crippen LogP contribution in [0.15, 0.2) is 30.3 Å². The summed E-state index contributed by atoms with van der Waals surface area (Å²) in [7, 11) is 1.42. The van der Waals surface area contributed by atoms with E-state index in [-0.39, 0.29) is 0 Å². The monoisotopic (exact) mass is 223 g/mol. The maximum atomic E-state index is 11.5. The summed E-state index contributed by atoms with van der Waals surface area (Å²) in [5.74, 6) is -0.531. The van der Waals surface area contributed by atoms with Crippen molar-refractivity contribution in [3.05, 3.63) is 35.9 Å². The number of amides is 1. The minimum Gasteiger partial charge on any atom is -0.422 e. The average molecular weight is 223 g/mol. The molecule has 0 bridgehead atoms. The summed E-state index contributed by atoms with van der Waals surface area (Å²) in [6.07, 6.45) is -1.57. The first-order valence-corrected chi connectivity index (χ1v) is 4.78. The minimum absolute atomic E-state index is 0.412. The molecule has 1 aromatic carbocycles. The molecule has 0 aromatic heterocycles. The Hall–Kier alpha value is -2.04. The molecule has 0 heterocycles. The number of esters is 1. The van der Waals surface area contributed by atoms with E-state index in [1.165, 1.54) is 14.0 Å². The molecule has 1 amide bonds. The van der Waals surface area contributed by atoms with Gasteiger partial charge in [-0.25, -0.2) is 9.59 Å². The Kier molecular flexibility index (Phi) is 4.32. The van der Waals surface area contributed by atoms with E-state index in [1.54, 1.807) is 30.3 Å². The Morgan fingerprint density at radius 2 is 1.81 bits per heavy atom. The van der Waals surface area contributed by atoms with Crippen molar-refractivity contribution < 1.29 is 19.1 Å². The van der Waals surface area contributed by atoms with Gasteiger partial charge in [0.1, 0.15) is 0 Å². The lowest BCUT2D eigenvalue weighted by Gasteiger charge is -2.13. The highest BCUT2D eigenvalue weighted by atomic mass is 16.7. The van der Waals surface area contributed by atoms with Crippen LogP contribution < -0.4 is 5.32 Å². The number of hydrogen-bond donors (Lipinski definition) is 1. The first-order valence-electron chi connectivity index (χ1n) is 4.78. The van der Waals surface area contributed by atoms with E-state index in [1.807, 2.05) is 0 Å². The molecule has 0 saturated carbocycles. The standard InChI is InChI=1S/C11H13NO4/c1-8(16-11(14)12-2)15-10(13)9-6-4-3-5-7-9/h3-8H,1-2H3,(H,12,14). The summed E-state index contributed by atoms with van der Waals surface area (Å²) >= 11 is 0. The van der Waals surface area contributed by atoms with Gasteiger partial charge in [0.25, 0.3) is 0 Å². The fraction of sp³-hybridized carbons (Fsp3) is 0.273. The maximum absolute atomic E-state index is 11.5. The van der Waals surface area contributed by atoms with Gasteiger partial charge in [-0.1, -0.05) is 18.2 Å². The maximum Gasteiger partial charge on any atom is 0.409 e. The SMILES string of the molecule is CNC(=O)OC(C)OC(=O)c1ccccc1. The number of carbonyl (C=O) groups excluding carboxylic acids is 2. The highest BCUT2D eigenvalue weighted by Gasteiger charge is 2.14. The predicted octanol–water partition coefficient (Wildman–Crippen LogP) is 1.55. The van der Waals surface area contributed by atoms with Crippen LogP contribution in [-0.4, -0.2) is 25.4 Å². The number of hydrogen-bond acceptors (Lipinski definition) is 4. The molecule has 1 atom stereocenters. The number of alkyl carbamates (subject to hydrolysis) is 1. The molecule has 1 unspecified atom stereocenters. The van der Waals surface area contributed by atoms with Gasteiger partial charge >= 0.3 is 12.1 Å².